The SMILES string of the molecule is CC(C)Oc1ccc(-c2cc(O[C@@H]3C[C@H]4C(=O)N[C@]5(C(=O)NS(=O)(=O)C6(C)CC6)C[C@H]5/C=C\CC[C@@H](C)C[C@@H](C)[C@H](NC(=O)O)C(=O)N4C3)cc(-c3ncccn3)n2)cc1. The quantitative estimate of drug-likeness (QED) is 0.201. The van der Waals surface area contributed by atoms with Crippen LogP contribution >= 0.6 is 0 Å². The van der Waals surface area contributed by atoms with Crippen LogP contribution in [0.25, 0.3) is 22.8 Å². The highest BCUT2D eigenvalue weighted by Gasteiger charge is 2.63. The Kier molecular flexibility index (Phi) is 11.9. The number of carbonyl (C=O) groups is 4. The molecule has 3 fully saturated rings. The average molecular weight is 844 g/mol. The minimum Gasteiger partial charge on any atom is -0.491 e. The van der Waals surface area contributed by atoms with Crippen LogP contribution in [-0.4, -0.2) is 98.3 Å². The van der Waals surface area contributed by atoms with Crippen molar-refractivity contribution < 1.29 is 42.2 Å². The van der Waals surface area contributed by atoms with Gasteiger partial charge >= 0.3 is 6.09 Å². The lowest BCUT2D eigenvalue weighted by Gasteiger charge is -2.32. The molecule has 7 rings (SSSR count). The van der Waals surface area contributed by atoms with Gasteiger partial charge in [0.2, 0.25) is 21.8 Å². The fraction of sp³-hybridized carbons (Fsp3) is 0.512. The summed E-state index contributed by atoms with van der Waals surface area (Å²) in [7, 11) is -4.03. The number of hydrogen-bond donors (Lipinski definition) is 4. The smallest absolute Gasteiger partial charge is 0.405 e. The lowest BCUT2D eigenvalue weighted by Crippen LogP contribution is -2.59. The first kappa shape index (κ1) is 42.5. The molecular formula is C43H53N7O9S. The maximum absolute atomic E-state index is 14.6. The molecule has 60 heavy (non-hydrogen) atoms. The fourth-order valence-corrected chi connectivity index (χ4v) is 9.48. The highest BCUT2D eigenvalue weighted by molar-refractivity contribution is 7.91. The van der Waals surface area contributed by atoms with Crippen molar-refractivity contribution in [2.75, 3.05) is 6.54 Å². The molecule has 1 aromatic carbocycles. The normalized spacial score (nSPS) is 28.2. The van der Waals surface area contributed by atoms with Crippen LogP contribution in [0.5, 0.6) is 11.5 Å². The molecule has 0 spiro atoms. The summed E-state index contributed by atoms with van der Waals surface area (Å²) in [6.07, 6.45) is 7.66. The molecule has 3 aromatic rings. The summed E-state index contributed by atoms with van der Waals surface area (Å²) in [5.41, 5.74) is 0.133. The number of pyridine rings is 1. The third-order valence-electron chi connectivity index (χ3n) is 11.9. The van der Waals surface area contributed by atoms with Gasteiger partial charge in [0.1, 0.15) is 40.9 Å². The van der Waals surface area contributed by atoms with Crippen molar-refractivity contribution in [3.8, 4) is 34.3 Å². The maximum Gasteiger partial charge on any atom is 0.405 e. The van der Waals surface area contributed by atoms with Crippen LogP contribution in [0.3, 0.4) is 0 Å². The van der Waals surface area contributed by atoms with Gasteiger partial charge in [0.05, 0.1) is 23.1 Å². The standard InChI is InChI=1S/C43H53N7O9S/c1-25(2)58-30-13-11-28(12-14-30)33-20-31(21-34(46-33)37-44-17-8-18-45-37)59-32-22-35-38(51)48-43(40(53)49-60(56,57)42(5)15-16-42)23-29(43)10-7-6-9-26(3)19-27(4)36(47-41(54)55)39(52)50(35)24-32/h7-8,10-14,17-18,20-21,25-27,29,32,35-36,47H,6,9,15-16,19,22-24H2,1-5H3,(H,48,51)(H,49,53)(H,54,55)/b10-7-/t26-,27-,29-,32-,35+,36+,43-/m1/s1. The van der Waals surface area contributed by atoms with E-state index in [9.17, 15) is 32.7 Å². The topological polar surface area (TPSA) is 219 Å². The Morgan fingerprint density at radius 3 is 2.38 bits per heavy atom. The lowest BCUT2D eigenvalue weighted by molar-refractivity contribution is -0.142. The Bertz CT molecular complexity index is 2250. The third kappa shape index (κ3) is 9.25. The summed E-state index contributed by atoms with van der Waals surface area (Å²) in [6.45, 7) is 9.20. The third-order valence-corrected chi connectivity index (χ3v) is 14.1. The van der Waals surface area contributed by atoms with Gasteiger partial charge in [-0.25, -0.2) is 28.2 Å². The second kappa shape index (κ2) is 16.8. The Morgan fingerprint density at radius 1 is 1.02 bits per heavy atom. The van der Waals surface area contributed by atoms with Crippen LogP contribution in [-0.2, 0) is 24.4 Å². The van der Waals surface area contributed by atoms with Gasteiger partial charge in [-0.15, -0.1) is 0 Å². The van der Waals surface area contributed by atoms with Crippen molar-refractivity contribution in [3.05, 3.63) is 67.0 Å². The van der Waals surface area contributed by atoms with Gasteiger partial charge < -0.3 is 30.1 Å². The van der Waals surface area contributed by atoms with Gasteiger partial charge in [0, 0.05) is 42.4 Å². The van der Waals surface area contributed by atoms with Crippen LogP contribution < -0.4 is 24.8 Å². The number of sulfonamides is 1. The minimum absolute atomic E-state index is 0.0126. The van der Waals surface area contributed by atoms with E-state index in [1.807, 2.05) is 64.1 Å². The summed E-state index contributed by atoms with van der Waals surface area (Å²) in [5, 5.41) is 15.2. The van der Waals surface area contributed by atoms with E-state index in [4.69, 9.17) is 14.5 Å². The predicted octanol–water partition coefficient (Wildman–Crippen LogP) is 4.86. The molecule has 17 heteroatoms. The number of fused-ring (bicyclic) bond motifs is 2. The van der Waals surface area contributed by atoms with Crippen LogP contribution in [0.4, 0.5) is 4.79 Å². The summed E-state index contributed by atoms with van der Waals surface area (Å²) < 4.78 is 40.1. The molecule has 4 aliphatic rings. The molecule has 0 unspecified atom stereocenters. The predicted molar refractivity (Wildman–Crippen MR) is 221 cm³/mol. The van der Waals surface area contributed by atoms with Crippen LogP contribution in [0.2, 0.25) is 0 Å². The second-order valence-corrected chi connectivity index (χ2v) is 19.4. The maximum atomic E-state index is 14.6. The molecule has 2 aliphatic carbocycles. The number of nitrogens with zero attached hydrogens (tertiary/aromatic N) is 4. The fourth-order valence-electron chi connectivity index (χ4n) is 8.17. The van der Waals surface area contributed by atoms with Crippen LogP contribution in [0.1, 0.15) is 79.6 Å². The molecule has 16 nitrogen and oxygen atoms in total. The minimum atomic E-state index is -4.03. The Balaban J connectivity index is 1.23. The van der Waals surface area contributed by atoms with Gasteiger partial charge in [0.25, 0.3) is 5.91 Å². The van der Waals surface area contributed by atoms with Crippen LogP contribution in [0.15, 0.2) is 67.0 Å². The number of benzene rings is 1. The monoisotopic (exact) mass is 843 g/mol. The molecule has 4 heterocycles. The Morgan fingerprint density at radius 2 is 1.72 bits per heavy atom. The number of aromatic nitrogens is 3. The van der Waals surface area contributed by atoms with E-state index < -0.39 is 74.1 Å². The molecule has 2 aliphatic heterocycles. The zero-order valence-corrected chi connectivity index (χ0v) is 35.3. The van der Waals surface area contributed by atoms with E-state index in [-0.39, 0.29) is 31.4 Å². The molecule has 0 radical (unpaired) electrons. The van der Waals surface area contributed by atoms with Crippen molar-refractivity contribution in [3.63, 3.8) is 0 Å². The molecule has 0 bridgehead atoms. The number of amides is 4. The van der Waals surface area contributed by atoms with Gasteiger partial charge in [-0.3, -0.25) is 19.1 Å². The Hall–Kier alpha value is -5.58. The summed E-state index contributed by atoms with van der Waals surface area (Å²) >= 11 is 0. The molecule has 4 N–H and O–H groups in total. The molecule has 4 amide bonds. The van der Waals surface area contributed by atoms with E-state index in [2.05, 4.69) is 25.3 Å². The van der Waals surface area contributed by atoms with Gasteiger partial charge in [0.15, 0.2) is 5.82 Å². The lowest BCUT2D eigenvalue weighted by atomic mass is 9.88. The zero-order chi connectivity index (χ0) is 43.0. The van der Waals surface area contributed by atoms with E-state index in [0.29, 0.717) is 54.4 Å². The zero-order valence-electron chi connectivity index (χ0n) is 34.5. The van der Waals surface area contributed by atoms with Crippen molar-refractivity contribution in [2.24, 2.45) is 17.8 Å². The highest BCUT2D eigenvalue weighted by atomic mass is 32.2. The molecular weight excluding hydrogens is 791 g/mol. The number of hydrogen-bond acceptors (Lipinski definition) is 11. The van der Waals surface area contributed by atoms with E-state index in [1.165, 1.54) is 4.90 Å². The Labute approximate surface area is 350 Å². The molecule has 320 valence electrons. The van der Waals surface area contributed by atoms with Crippen molar-refractivity contribution in [1.29, 1.82) is 0 Å². The molecule has 1 saturated heterocycles. The number of carboxylic acid groups (broad SMARTS) is 1. The van der Waals surface area contributed by atoms with Crippen molar-refractivity contribution in [2.45, 2.75) is 114 Å². The molecule has 7 atom stereocenters. The number of nitrogens with one attached hydrogen (secondary N) is 3. The summed E-state index contributed by atoms with van der Waals surface area (Å²) in [5.74, 6) is -1.55. The van der Waals surface area contributed by atoms with Crippen molar-refractivity contribution in [1.82, 2.24) is 35.2 Å². The molecule has 2 saturated carbocycles. The number of ether oxygens (including phenoxy) is 2. The van der Waals surface area contributed by atoms with Crippen LogP contribution in [0, 0.1) is 17.8 Å². The first-order chi connectivity index (χ1) is 28.5. The number of carbonyl (C=O) groups excluding carboxylic acids is 3. The van der Waals surface area contributed by atoms with E-state index >= 15 is 0 Å². The number of rotatable bonds is 10. The van der Waals surface area contributed by atoms with Gasteiger partial charge in [-0.1, -0.05) is 26.0 Å². The second-order valence-electron chi connectivity index (χ2n) is 17.2. The average Bonchev–Trinajstić information content (AvgIpc) is 4.08. The molecule has 2 aromatic heterocycles. The van der Waals surface area contributed by atoms with E-state index in [0.717, 1.165) is 12.0 Å². The van der Waals surface area contributed by atoms with Crippen molar-refractivity contribution >= 4 is 33.8 Å². The van der Waals surface area contributed by atoms with Gasteiger partial charge in [-0.2, -0.15) is 0 Å². The first-order valence-corrected chi connectivity index (χ1v) is 22.0. The number of allylic oxidation sites excluding steroid dienone is 1. The largest absolute Gasteiger partial charge is 0.491 e. The van der Waals surface area contributed by atoms with E-state index in [1.54, 1.807) is 37.5 Å². The summed E-state index contributed by atoms with van der Waals surface area (Å²) in [6, 6.07) is 10.1. The first-order valence-electron chi connectivity index (χ1n) is 20.6. The van der Waals surface area contributed by atoms with Gasteiger partial charge in [-0.05, 0) is 101 Å². The highest BCUT2D eigenvalue weighted by Crippen LogP contribution is 2.47. The summed E-state index contributed by atoms with van der Waals surface area (Å²) in [4.78, 5) is 70.1.